The molecule has 0 N–H and O–H groups in total. The zero-order chi connectivity index (χ0) is 26.1. The van der Waals surface area contributed by atoms with E-state index in [2.05, 4.69) is 42.2 Å². The summed E-state index contributed by atoms with van der Waals surface area (Å²) >= 11 is 0. The number of pyridine rings is 1. The number of aryl methyl sites for hydroxylation is 1. The van der Waals surface area contributed by atoms with Crippen LogP contribution in [0, 0.1) is 6.92 Å². The van der Waals surface area contributed by atoms with E-state index in [1.165, 1.54) is 5.56 Å². The fourth-order valence-electron chi connectivity index (χ4n) is 4.88. The van der Waals surface area contributed by atoms with Crippen molar-refractivity contribution >= 4 is 22.6 Å². The van der Waals surface area contributed by atoms with Crippen LogP contribution >= 0.6 is 0 Å². The summed E-state index contributed by atoms with van der Waals surface area (Å²) in [6.45, 7) is 4.72. The molecule has 1 amide bonds. The van der Waals surface area contributed by atoms with E-state index in [4.69, 9.17) is 14.7 Å². The Morgan fingerprint density at radius 3 is 2.42 bits per heavy atom. The summed E-state index contributed by atoms with van der Waals surface area (Å²) in [7, 11) is 1.65. The van der Waals surface area contributed by atoms with Gasteiger partial charge in [0.1, 0.15) is 23.1 Å². The number of aromatic nitrogens is 3. The summed E-state index contributed by atoms with van der Waals surface area (Å²) in [4.78, 5) is 27.4. The molecule has 1 saturated heterocycles. The number of nitrogens with zero attached hydrogens (tertiary/aromatic N) is 5. The van der Waals surface area contributed by atoms with Crippen molar-refractivity contribution in [3.8, 4) is 22.8 Å². The first kappa shape index (κ1) is 23.7. The number of amides is 1. The SMILES string of the molecule is COc1cccc(-n2cc(C(=O)N3CCN(c4ccc5ccccc5n4)CC3)nc2-c2ccc(C)cc2)c1. The molecule has 5 aromatic rings. The highest BCUT2D eigenvalue weighted by atomic mass is 16.5. The Hall–Kier alpha value is -4.65. The summed E-state index contributed by atoms with van der Waals surface area (Å²) in [5.41, 5.74) is 4.42. The lowest BCUT2D eigenvalue weighted by Crippen LogP contribution is -2.49. The fourth-order valence-corrected chi connectivity index (χ4v) is 4.88. The lowest BCUT2D eigenvalue weighted by atomic mass is 10.1. The third kappa shape index (κ3) is 4.59. The van der Waals surface area contributed by atoms with Crippen LogP contribution in [0.5, 0.6) is 5.75 Å². The summed E-state index contributed by atoms with van der Waals surface area (Å²) in [6, 6.07) is 28.3. The van der Waals surface area contributed by atoms with Gasteiger partial charge in [-0.15, -0.1) is 0 Å². The number of ether oxygens (including phenoxy) is 1. The normalized spacial score (nSPS) is 13.6. The topological polar surface area (TPSA) is 63.5 Å². The van der Waals surface area contributed by atoms with E-state index >= 15 is 0 Å². The smallest absolute Gasteiger partial charge is 0.274 e. The summed E-state index contributed by atoms with van der Waals surface area (Å²) < 4.78 is 7.41. The number of hydrogen-bond acceptors (Lipinski definition) is 5. The zero-order valence-corrected chi connectivity index (χ0v) is 21.5. The number of methoxy groups -OCH3 is 1. The number of carbonyl (C=O) groups is 1. The molecular weight excluding hydrogens is 474 g/mol. The second kappa shape index (κ2) is 10.0. The van der Waals surface area contributed by atoms with E-state index < -0.39 is 0 Å². The molecule has 0 unspecified atom stereocenters. The van der Waals surface area contributed by atoms with Crippen LogP contribution in [0.15, 0.2) is 91.1 Å². The van der Waals surface area contributed by atoms with Gasteiger partial charge in [0.2, 0.25) is 0 Å². The molecule has 1 aliphatic heterocycles. The highest BCUT2D eigenvalue weighted by molar-refractivity contribution is 5.93. The Balaban J connectivity index is 1.25. The van der Waals surface area contributed by atoms with Gasteiger partial charge in [0.15, 0.2) is 0 Å². The predicted molar refractivity (Wildman–Crippen MR) is 150 cm³/mol. The number of rotatable bonds is 5. The van der Waals surface area contributed by atoms with E-state index in [1.54, 1.807) is 7.11 Å². The number of fused-ring (bicyclic) bond motifs is 1. The van der Waals surface area contributed by atoms with Gasteiger partial charge < -0.3 is 14.5 Å². The van der Waals surface area contributed by atoms with Crippen molar-refractivity contribution in [2.75, 3.05) is 38.2 Å². The average Bonchev–Trinajstić information content (AvgIpc) is 3.42. The van der Waals surface area contributed by atoms with Crippen LogP contribution in [-0.4, -0.2) is 58.6 Å². The molecule has 0 radical (unpaired) electrons. The van der Waals surface area contributed by atoms with Gasteiger partial charge in [0.05, 0.1) is 18.3 Å². The molecular formula is C31H29N5O2. The first-order valence-corrected chi connectivity index (χ1v) is 12.8. The van der Waals surface area contributed by atoms with Gasteiger partial charge in [-0.25, -0.2) is 9.97 Å². The molecule has 0 spiro atoms. The number of anilines is 1. The summed E-state index contributed by atoms with van der Waals surface area (Å²) in [5, 5.41) is 1.13. The maximum Gasteiger partial charge on any atom is 0.274 e. The van der Waals surface area contributed by atoms with Crippen LogP contribution in [0.1, 0.15) is 16.1 Å². The van der Waals surface area contributed by atoms with Crippen molar-refractivity contribution in [3.63, 3.8) is 0 Å². The van der Waals surface area contributed by atoms with Crippen molar-refractivity contribution in [3.05, 3.63) is 102 Å². The third-order valence-electron chi connectivity index (χ3n) is 7.04. The maximum absolute atomic E-state index is 13.6. The molecule has 3 aromatic carbocycles. The predicted octanol–water partition coefficient (Wildman–Crippen LogP) is 5.37. The molecule has 3 heterocycles. The molecule has 0 saturated carbocycles. The maximum atomic E-state index is 13.6. The summed E-state index contributed by atoms with van der Waals surface area (Å²) in [6.07, 6.45) is 1.84. The van der Waals surface area contributed by atoms with Crippen molar-refractivity contribution < 1.29 is 9.53 Å². The third-order valence-corrected chi connectivity index (χ3v) is 7.04. The number of piperazine rings is 1. The van der Waals surface area contributed by atoms with E-state index in [-0.39, 0.29) is 5.91 Å². The van der Waals surface area contributed by atoms with Crippen LogP contribution in [0.3, 0.4) is 0 Å². The molecule has 7 heteroatoms. The number of imidazole rings is 1. The zero-order valence-electron chi connectivity index (χ0n) is 21.5. The highest BCUT2D eigenvalue weighted by Gasteiger charge is 2.26. The Bertz CT molecular complexity index is 1600. The number of carbonyl (C=O) groups excluding carboxylic acids is 1. The van der Waals surface area contributed by atoms with Crippen LogP contribution in [0.4, 0.5) is 5.82 Å². The van der Waals surface area contributed by atoms with Crippen molar-refractivity contribution in [1.29, 1.82) is 0 Å². The minimum absolute atomic E-state index is 0.0638. The Morgan fingerprint density at radius 2 is 1.63 bits per heavy atom. The molecule has 1 fully saturated rings. The lowest BCUT2D eigenvalue weighted by molar-refractivity contribution is 0.0741. The largest absolute Gasteiger partial charge is 0.497 e. The first-order chi connectivity index (χ1) is 18.6. The number of para-hydroxylation sites is 1. The Kier molecular flexibility index (Phi) is 6.25. The molecule has 1 aliphatic rings. The number of hydrogen-bond donors (Lipinski definition) is 0. The fraction of sp³-hybridized carbons (Fsp3) is 0.194. The highest BCUT2D eigenvalue weighted by Crippen LogP contribution is 2.27. The van der Waals surface area contributed by atoms with Crippen LogP contribution in [-0.2, 0) is 0 Å². The van der Waals surface area contributed by atoms with Gasteiger partial charge in [-0.05, 0) is 37.3 Å². The van der Waals surface area contributed by atoms with E-state index in [0.717, 1.165) is 52.6 Å². The minimum atomic E-state index is -0.0638. The van der Waals surface area contributed by atoms with E-state index in [9.17, 15) is 4.79 Å². The second-order valence-electron chi connectivity index (χ2n) is 9.53. The van der Waals surface area contributed by atoms with Crippen molar-refractivity contribution in [2.45, 2.75) is 6.92 Å². The molecule has 6 rings (SSSR count). The van der Waals surface area contributed by atoms with Gasteiger partial charge in [-0.1, -0.05) is 54.1 Å². The van der Waals surface area contributed by atoms with Crippen molar-refractivity contribution in [1.82, 2.24) is 19.4 Å². The van der Waals surface area contributed by atoms with Crippen LogP contribution < -0.4 is 9.64 Å². The molecule has 38 heavy (non-hydrogen) atoms. The van der Waals surface area contributed by atoms with Crippen LogP contribution in [0.25, 0.3) is 28.0 Å². The molecule has 0 atom stereocenters. The monoisotopic (exact) mass is 503 g/mol. The first-order valence-electron chi connectivity index (χ1n) is 12.8. The number of benzene rings is 3. The average molecular weight is 504 g/mol. The lowest BCUT2D eigenvalue weighted by Gasteiger charge is -2.35. The molecule has 0 bridgehead atoms. The molecule has 190 valence electrons. The Morgan fingerprint density at radius 1 is 0.842 bits per heavy atom. The molecule has 2 aromatic heterocycles. The quantitative estimate of drug-likeness (QED) is 0.323. The van der Waals surface area contributed by atoms with E-state index in [1.807, 2.05) is 70.3 Å². The standard InChI is InChI=1S/C31H29N5O2/c1-22-10-12-24(13-11-22)30-33-28(21-36(30)25-7-5-8-26(20-25)38-2)31(37)35-18-16-34(17-19-35)29-15-14-23-6-3-4-9-27(23)32-29/h3-15,20-21H,16-19H2,1-2H3. The van der Waals surface area contributed by atoms with Gasteiger partial charge in [0, 0.05) is 49.4 Å². The van der Waals surface area contributed by atoms with Gasteiger partial charge in [-0.3, -0.25) is 9.36 Å². The van der Waals surface area contributed by atoms with Gasteiger partial charge >= 0.3 is 0 Å². The second-order valence-corrected chi connectivity index (χ2v) is 9.53. The molecule has 0 aliphatic carbocycles. The van der Waals surface area contributed by atoms with Crippen LogP contribution in [0.2, 0.25) is 0 Å². The van der Waals surface area contributed by atoms with Gasteiger partial charge in [-0.2, -0.15) is 0 Å². The van der Waals surface area contributed by atoms with Crippen molar-refractivity contribution in [2.24, 2.45) is 0 Å². The minimum Gasteiger partial charge on any atom is -0.497 e. The van der Waals surface area contributed by atoms with Gasteiger partial charge in [0.25, 0.3) is 5.91 Å². The Labute approximate surface area is 221 Å². The van der Waals surface area contributed by atoms with E-state index in [0.29, 0.717) is 18.8 Å². The molecule has 7 nitrogen and oxygen atoms in total. The summed E-state index contributed by atoms with van der Waals surface area (Å²) in [5.74, 6) is 2.35.